The van der Waals surface area contributed by atoms with Gasteiger partial charge in [-0.1, -0.05) is 0 Å². The first-order valence-electron chi connectivity index (χ1n) is 4.14. The van der Waals surface area contributed by atoms with E-state index in [2.05, 4.69) is 0 Å². The molecule has 0 heterocycles. The number of hydrogen-bond acceptors (Lipinski definition) is 5. The molecular weight excluding hydrogens is 214 g/mol. The number of nitro groups is 1. The highest BCUT2D eigenvalue weighted by atomic mass is 16.6. The lowest BCUT2D eigenvalue weighted by molar-refractivity contribution is -0.384. The minimum Gasteiger partial charge on any atom is -0.409 e. The van der Waals surface area contributed by atoms with Crippen LogP contribution in [0.4, 0.5) is 10.5 Å². The highest BCUT2D eigenvalue weighted by Crippen LogP contribution is 2.17. The number of rotatable bonds is 2. The number of carbonyl (C=O) groups is 1. The molecule has 0 saturated heterocycles. The lowest BCUT2D eigenvalue weighted by Crippen LogP contribution is -2.24. The third kappa shape index (κ3) is 2.68. The first-order chi connectivity index (χ1) is 7.54. The summed E-state index contributed by atoms with van der Waals surface area (Å²) in [6, 6.07) is 4.96. The predicted octanol–water partition coefficient (Wildman–Crippen LogP) is 1.51. The van der Waals surface area contributed by atoms with Gasteiger partial charge in [0, 0.05) is 19.2 Å². The van der Waals surface area contributed by atoms with Crippen LogP contribution in [0.5, 0.6) is 5.75 Å². The summed E-state index contributed by atoms with van der Waals surface area (Å²) in [6.07, 6.45) is 0.715. The molecule has 1 rings (SSSR count). The number of benzene rings is 1. The van der Waals surface area contributed by atoms with Crippen molar-refractivity contribution in [3.63, 3.8) is 0 Å². The largest absolute Gasteiger partial charge is 0.428 e. The van der Waals surface area contributed by atoms with E-state index in [1.54, 1.807) is 6.19 Å². The highest BCUT2D eigenvalue weighted by molar-refractivity contribution is 5.71. The molecule has 0 aromatic heterocycles. The minimum atomic E-state index is -0.851. The molecule has 0 bridgehead atoms. The summed E-state index contributed by atoms with van der Waals surface area (Å²) < 4.78 is 4.74. The Morgan fingerprint density at radius 2 is 2.06 bits per heavy atom. The molecule has 0 radical (unpaired) electrons. The first kappa shape index (κ1) is 11.5. The van der Waals surface area contributed by atoms with E-state index in [-0.39, 0.29) is 11.4 Å². The fourth-order valence-corrected chi connectivity index (χ4v) is 0.846. The summed E-state index contributed by atoms with van der Waals surface area (Å²) >= 11 is 0. The number of non-ortho nitro benzene ring substituents is 1. The van der Waals surface area contributed by atoms with Crippen molar-refractivity contribution in [2.75, 3.05) is 7.05 Å². The fourth-order valence-electron chi connectivity index (χ4n) is 0.846. The first-order valence-corrected chi connectivity index (χ1v) is 4.14. The van der Waals surface area contributed by atoms with E-state index >= 15 is 0 Å². The quantitative estimate of drug-likeness (QED) is 0.326. The molecule has 1 aromatic carbocycles. The van der Waals surface area contributed by atoms with Gasteiger partial charge in [0.25, 0.3) is 5.69 Å². The van der Waals surface area contributed by atoms with Gasteiger partial charge in [-0.05, 0) is 12.1 Å². The summed E-state index contributed by atoms with van der Waals surface area (Å²) in [5.41, 5.74) is -0.103. The van der Waals surface area contributed by atoms with Crippen LogP contribution < -0.4 is 4.74 Å². The number of nitrogens with zero attached hydrogens (tertiary/aromatic N) is 3. The SMILES string of the molecule is CN(C#N)C(=O)Oc1ccc([N+](=O)[O-])cc1. The van der Waals surface area contributed by atoms with Crippen LogP contribution in [0.15, 0.2) is 24.3 Å². The second-order valence-electron chi connectivity index (χ2n) is 2.78. The Kier molecular flexibility index (Phi) is 3.40. The molecule has 1 amide bonds. The fraction of sp³-hybridized carbons (Fsp3) is 0.111. The molecule has 0 aliphatic heterocycles. The molecule has 7 heteroatoms. The van der Waals surface area contributed by atoms with Gasteiger partial charge in [-0.3, -0.25) is 10.1 Å². The van der Waals surface area contributed by atoms with Crippen molar-refractivity contribution in [1.29, 1.82) is 5.26 Å². The van der Waals surface area contributed by atoms with Crippen molar-refractivity contribution in [3.05, 3.63) is 34.4 Å². The lowest BCUT2D eigenvalue weighted by atomic mass is 10.3. The monoisotopic (exact) mass is 221 g/mol. The third-order valence-electron chi connectivity index (χ3n) is 1.68. The smallest absolute Gasteiger partial charge is 0.409 e. The predicted molar refractivity (Wildman–Crippen MR) is 52.5 cm³/mol. The number of nitro benzene ring substituents is 1. The van der Waals surface area contributed by atoms with Crippen LogP contribution in [0.3, 0.4) is 0 Å². The molecule has 7 nitrogen and oxygen atoms in total. The maximum absolute atomic E-state index is 11.1. The molecule has 1 aromatic rings. The van der Waals surface area contributed by atoms with E-state index in [1.165, 1.54) is 31.3 Å². The van der Waals surface area contributed by atoms with Crippen molar-refractivity contribution in [1.82, 2.24) is 4.90 Å². The van der Waals surface area contributed by atoms with Crippen LogP contribution in [-0.4, -0.2) is 23.0 Å². The van der Waals surface area contributed by atoms with Crippen molar-refractivity contribution >= 4 is 11.8 Å². The van der Waals surface area contributed by atoms with E-state index in [0.29, 0.717) is 4.90 Å². The molecule has 0 aliphatic carbocycles. The van der Waals surface area contributed by atoms with Gasteiger partial charge in [0.15, 0.2) is 6.19 Å². The second kappa shape index (κ2) is 4.75. The van der Waals surface area contributed by atoms with Gasteiger partial charge in [-0.2, -0.15) is 5.26 Å². The zero-order chi connectivity index (χ0) is 12.1. The Bertz CT molecular complexity index is 449. The van der Waals surface area contributed by atoms with Crippen molar-refractivity contribution in [2.24, 2.45) is 0 Å². The normalized spacial score (nSPS) is 9.00. The van der Waals surface area contributed by atoms with E-state index in [9.17, 15) is 14.9 Å². The molecular formula is C9H7N3O4. The van der Waals surface area contributed by atoms with E-state index in [4.69, 9.17) is 10.00 Å². The standard InChI is InChI=1S/C9H7N3O4/c1-11(6-10)9(13)16-8-4-2-7(3-5-8)12(14)15/h2-5H,1H3. The molecule has 0 atom stereocenters. The molecule has 0 fully saturated rings. The molecule has 0 saturated carbocycles. The lowest BCUT2D eigenvalue weighted by Gasteiger charge is -2.07. The van der Waals surface area contributed by atoms with Gasteiger partial charge >= 0.3 is 6.09 Å². The van der Waals surface area contributed by atoms with Crippen molar-refractivity contribution < 1.29 is 14.5 Å². The topological polar surface area (TPSA) is 96.5 Å². The minimum absolute atomic E-state index is 0.103. The molecule has 16 heavy (non-hydrogen) atoms. The molecule has 0 unspecified atom stereocenters. The Morgan fingerprint density at radius 3 is 2.50 bits per heavy atom. The Labute approximate surface area is 90.6 Å². The van der Waals surface area contributed by atoms with Crippen LogP contribution >= 0.6 is 0 Å². The van der Waals surface area contributed by atoms with Gasteiger partial charge < -0.3 is 4.74 Å². The number of carbonyl (C=O) groups excluding carboxylic acids is 1. The van der Waals surface area contributed by atoms with Gasteiger partial charge in [0.05, 0.1) is 4.92 Å². The number of amides is 1. The van der Waals surface area contributed by atoms with Gasteiger partial charge in [-0.15, -0.1) is 0 Å². The zero-order valence-corrected chi connectivity index (χ0v) is 8.28. The van der Waals surface area contributed by atoms with Crippen LogP contribution in [0, 0.1) is 21.6 Å². The molecule has 0 aliphatic rings. The average Bonchev–Trinajstić information content (AvgIpc) is 2.28. The van der Waals surface area contributed by atoms with Crippen LogP contribution in [-0.2, 0) is 0 Å². The van der Waals surface area contributed by atoms with Crippen molar-refractivity contribution in [2.45, 2.75) is 0 Å². The van der Waals surface area contributed by atoms with E-state index in [1.807, 2.05) is 0 Å². The summed E-state index contributed by atoms with van der Waals surface area (Å²) in [7, 11) is 1.24. The van der Waals surface area contributed by atoms with Crippen LogP contribution in [0.25, 0.3) is 0 Å². The number of ether oxygens (including phenoxy) is 1. The Morgan fingerprint density at radius 1 is 1.50 bits per heavy atom. The zero-order valence-electron chi connectivity index (χ0n) is 8.28. The summed E-state index contributed by atoms with van der Waals surface area (Å²) in [4.78, 5) is 21.6. The number of nitriles is 1. The summed E-state index contributed by atoms with van der Waals surface area (Å²) in [5, 5.41) is 18.7. The van der Waals surface area contributed by atoms with E-state index < -0.39 is 11.0 Å². The maximum atomic E-state index is 11.1. The molecule has 82 valence electrons. The number of hydrogen-bond donors (Lipinski definition) is 0. The molecule has 0 spiro atoms. The van der Waals surface area contributed by atoms with Gasteiger partial charge in [0.2, 0.25) is 0 Å². The van der Waals surface area contributed by atoms with Crippen LogP contribution in [0.2, 0.25) is 0 Å². The van der Waals surface area contributed by atoms with Gasteiger partial charge in [0.1, 0.15) is 5.75 Å². The van der Waals surface area contributed by atoms with Crippen LogP contribution in [0.1, 0.15) is 0 Å². The molecule has 0 N–H and O–H groups in total. The third-order valence-corrected chi connectivity index (χ3v) is 1.68. The summed E-state index contributed by atoms with van der Waals surface area (Å²) in [6.45, 7) is 0. The van der Waals surface area contributed by atoms with E-state index in [0.717, 1.165) is 0 Å². The Balaban J connectivity index is 2.73. The average molecular weight is 221 g/mol. The maximum Gasteiger partial charge on any atom is 0.428 e. The second-order valence-corrected chi connectivity index (χ2v) is 2.78. The summed E-state index contributed by atoms with van der Waals surface area (Å²) in [5.74, 6) is 0.137. The van der Waals surface area contributed by atoms with Gasteiger partial charge in [-0.25, -0.2) is 9.69 Å². The Hall–Kier alpha value is -2.62. The van der Waals surface area contributed by atoms with Crippen molar-refractivity contribution in [3.8, 4) is 11.9 Å². The highest BCUT2D eigenvalue weighted by Gasteiger charge is 2.11.